The minimum Gasteiger partial charge on any atom is -0.495 e. The van der Waals surface area contributed by atoms with Crippen LogP contribution in [0.1, 0.15) is 55.8 Å². The number of pyridine rings is 1. The summed E-state index contributed by atoms with van der Waals surface area (Å²) < 4.78 is 30.9. The molecule has 2 aromatic rings. The van der Waals surface area contributed by atoms with Crippen LogP contribution < -0.4 is 14.4 Å². The van der Waals surface area contributed by atoms with Gasteiger partial charge in [0.05, 0.1) is 19.1 Å². The van der Waals surface area contributed by atoms with Gasteiger partial charge in [0.25, 0.3) is 0 Å². The van der Waals surface area contributed by atoms with Gasteiger partial charge < -0.3 is 9.64 Å². The van der Waals surface area contributed by atoms with Crippen molar-refractivity contribution in [2.75, 3.05) is 36.1 Å². The lowest BCUT2D eigenvalue weighted by Gasteiger charge is -2.32. The zero-order valence-corrected chi connectivity index (χ0v) is 21.0. The van der Waals surface area contributed by atoms with E-state index in [-0.39, 0.29) is 11.7 Å². The SMILES string of the molecule is COc1cc(C(C)C(=O)CCc2ccc(C)nc2N2CCC(C)CC2)ccc1NS(C)(=O)=O. The van der Waals surface area contributed by atoms with E-state index in [4.69, 9.17) is 9.72 Å². The number of carbonyl (C=O) groups is 1. The number of hydrogen-bond donors (Lipinski definition) is 1. The van der Waals surface area contributed by atoms with Crippen LogP contribution in [0.5, 0.6) is 5.75 Å². The second-order valence-corrected chi connectivity index (χ2v) is 10.9. The third-order valence-corrected chi connectivity index (χ3v) is 6.91. The van der Waals surface area contributed by atoms with Crippen molar-refractivity contribution in [2.45, 2.75) is 52.4 Å². The lowest BCUT2D eigenvalue weighted by molar-refractivity contribution is -0.120. The normalized spacial score (nSPS) is 15.8. The van der Waals surface area contributed by atoms with Crippen molar-refractivity contribution in [3.05, 3.63) is 47.2 Å². The predicted molar refractivity (Wildman–Crippen MR) is 133 cm³/mol. The Balaban J connectivity index is 1.71. The molecular weight excluding hydrogens is 438 g/mol. The van der Waals surface area contributed by atoms with Crippen LogP contribution >= 0.6 is 0 Å². The molecule has 7 nitrogen and oxygen atoms in total. The van der Waals surface area contributed by atoms with E-state index in [0.29, 0.717) is 24.3 Å². The molecule has 0 bridgehead atoms. The maximum Gasteiger partial charge on any atom is 0.229 e. The molecule has 1 aliphatic rings. The van der Waals surface area contributed by atoms with E-state index in [2.05, 4.69) is 22.6 Å². The Morgan fingerprint density at radius 1 is 1.24 bits per heavy atom. The maximum absolute atomic E-state index is 13.0. The Labute approximate surface area is 197 Å². The first-order valence-corrected chi connectivity index (χ1v) is 13.4. The summed E-state index contributed by atoms with van der Waals surface area (Å²) in [7, 11) is -1.95. The van der Waals surface area contributed by atoms with E-state index in [1.807, 2.05) is 19.9 Å². The van der Waals surface area contributed by atoms with E-state index in [9.17, 15) is 13.2 Å². The molecule has 1 saturated heterocycles. The Hall–Kier alpha value is -2.61. The molecule has 1 aromatic carbocycles. The van der Waals surface area contributed by atoms with Crippen molar-refractivity contribution in [2.24, 2.45) is 5.92 Å². The molecule has 1 atom stereocenters. The predicted octanol–water partition coefficient (Wildman–Crippen LogP) is 4.31. The summed E-state index contributed by atoms with van der Waals surface area (Å²) in [4.78, 5) is 20.2. The number of methoxy groups -OCH3 is 1. The number of rotatable bonds is 9. The second-order valence-electron chi connectivity index (χ2n) is 9.13. The Bertz CT molecular complexity index is 1090. The number of piperidine rings is 1. The van der Waals surface area contributed by atoms with Gasteiger partial charge in [0, 0.05) is 31.1 Å². The topological polar surface area (TPSA) is 88.6 Å². The molecule has 1 unspecified atom stereocenters. The summed E-state index contributed by atoms with van der Waals surface area (Å²) in [5.74, 6) is 1.94. The minimum absolute atomic E-state index is 0.125. The number of nitrogens with zero attached hydrogens (tertiary/aromatic N) is 2. The molecule has 180 valence electrons. The summed E-state index contributed by atoms with van der Waals surface area (Å²) in [5, 5.41) is 0. The number of anilines is 2. The van der Waals surface area contributed by atoms with E-state index < -0.39 is 10.0 Å². The maximum atomic E-state index is 13.0. The van der Waals surface area contributed by atoms with Crippen molar-refractivity contribution in [1.82, 2.24) is 4.98 Å². The molecule has 3 rings (SSSR count). The molecule has 0 amide bonds. The molecule has 1 aromatic heterocycles. The number of Topliss-reactive ketones (excluding diaryl/α,β-unsaturated/α-hetero) is 1. The third kappa shape index (κ3) is 6.69. The van der Waals surface area contributed by atoms with Crippen molar-refractivity contribution in [3.63, 3.8) is 0 Å². The first-order chi connectivity index (χ1) is 15.6. The quantitative estimate of drug-likeness (QED) is 0.584. The van der Waals surface area contributed by atoms with Crippen molar-refractivity contribution < 1.29 is 17.9 Å². The van der Waals surface area contributed by atoms with E-state index in [0.717, 1.165) is 60.7 Å². The standard InChI is InChI=1S/C25H35N3O4S/c1-17-12-14-28(15-13-17)25-20(7-6-18(2)26-25)9-11-23(29)19(3)21-8-10-22(24(16-21)32-4)27-33(5,30)31/h6-8,10,16-17,19,27H,9,11-15H2,1-5H3. The van der Waals surface area contributed by atoms with Crippen LogP contribution in [0, 0.1) is 12.8 Å². The summed E-state index contributed by atoms with van der Waals surface area (Å²) in [5.41, 5.74) is 3.25. The zero-order chi connectivity index (χ0) is 24.2. The lowest BCUT2D eigenvalue weighted by Crippen LogP contribution is -2.34. The first kappa shape index (κ1) is 25.0. The van der Waals surface area contributed by atoms with Gasteiger partial charge in [-0.05, 0) is 61.4 Å². The Morgan fingerprint density at radius 3 is 2.58 bits per heavy atom. The Morgan fingerprint density at radius 2 is 1.94 bits per heavy atom. The van der Waals surface area contributed by atoms with Crippen LogP contribution in [0.15, 0.2) is 30.3 Å². The third-order valence-electron chi connectivity index (χ3n) is 6.32. The average Bonchev–Trinajstić information content (AvgIpc) is 2.77. The van der Waals surface area contributed by atoms with Gasteiger partial charge in [0.2, 0.25) is 10.0 Å². The fraction of sp³-hybridized carbons (Fsp3) is 0.520. The highest BCUT2D eigenvalue weighted by molar-refractivity contribution is 7.92. The number of aryl methyl sites for hydroxylation is 2. The number of nitrogens with one attached hydrogen (secondary N) is 1. The van der Waals surface area contributed by atoms with Crippen LogP contribution in [0.3, 0.4) is 0 Å². The number of hydrogen-bond acceptors (Lipinski definition) is 6. The first-order valence-electron chi connectivity index (χ1n) is 11.5. The second kappa shape index (κ2) is 10.5. The van der Waals surface area contributed by atoms with Crippen LogP contribution in [0.2, 0.25) is 0 Å². The van der Waals surface area contributed by atoms with E-state index >= 15 is 0 Å². The highest BCUT2D eigenvalue weighted by atomic mass is 32.2. The van der Waals surface area contributed by atoms with Gasteiger partial charge in [-0.25, -0.2) is 13.4 Å². The highest BCUT2D eigenvalue weighted by Gasteiger charge is 2.22. The van der Waals surface area contributed by atoms with Gasteiger partial charge in [-0.2, -0.15) is 0 Å². The van der Waals surface area contributed by atoms with Gasteiger partial charge in [0.1, 0.15) is 17.4 Å². The number of ketones is 1. The molecule has 2 heterocycles. The fourth-order valence-electron chi connectivity index (χ4n) is 4.18. The molecule has 8 heteroatoms. The van der Waals surface area contributed by atoms with Crippen LogP contribution in [-0.2, 0) is 21.2 Å². The average molecular weight is 474 g/mol. The Kier molecular flexibility index (Phi) is 8.00. The van der Waals surface area contributed by atoms with Crippen molar-refractivity contribution in [3.8, 4) is 5.75 Å². The lowest BCUT2D eigenvalue weighted by atomic mass is 9.92. The molecule has 0 spiro atoms. The number of ether oxygens (including phenoxy) is 1. The molecular formula is C25H35N3O4S. The number of aromatic nitrogens is 1. The molecule has 0 saturated carbocycles. The largest absolute Gasteiger partial charge is 0.495 e. The van der Waals surface area contributed by atoms with Gasteiger partial charge in [-0.15, -0.1) is 0 Å². The van der Waals surface area contributed by atoms with Gasteiger partial charge in [-0.3, -0.25) is 9.52 Å². The summed E-state index contributed by atoms with van der Waals surface area (Å²) in [6.07, 6.45) is 4.47. The number of benzene rings is 1. The van der Waals surface area contributed by atoms with Gasteiger partial charge in [0.15, 0.2) is 0 Å². The molecule has 0 radical (unpaired) electrons. The molecule has 0 aliphatic carbocycles. The van der Waals surface area contributed by atoms with Crippen LogP contribution in [0.25, 0.3) is 0 Å². The molecule has 1 fully saturated rings. The van der Waals surface area contributed by atoms with Crippen molar-refractivity contribution >= 4 is 27.3 Å². The van der Waals surface area contributed by atoms with Crippen molar-refractivity contribution in [1.29, 1.82) is 0 Å². The van der Waals surface area contributed by atoms with Gasteiger partial charge in [-0.1, -0.05) is 26.0 Å². The van der Waals surface area contributed by atoms with Crippen LogP contribution in [0.4, 0.5) is 11.5 Å². The summed E-state index contributed by atoms with van der Waals surface area (Å²) in [6.45, 7) is 8.18. The minimum atomic E-state index is -3.43. The van der Waals surface area contributed by atoms with Gasteiger partial charge >= 0.3 is 0 Å². The van der Waals surface area contributed by atoms with E-state index in [1.54, 1.807) is 18.2 Å². The van der Waals surface area contributed by atoms with Crippen LogP contribution in [-0.4, -0.2) is 45.6 Å². The number of sulfonamides is 1. The molecule has 1 aliphatic heterocycles. The van der Waals surface area contributed by atoms with E-state index in [1.165, 1.54) is 7.11 Å². The summed E-state index contributed by atoms with van der Waals surface area (Å²) >= 11 is 0. The number of carbonyl (C=O) groups excluding carboxylic acids is 1. The monoisotopic (exact) mass is 473 g/mol. The highest BCUT2D eigenvalue weighted by Crippen LogP contribution is 2.31. The molecule has 1 N–H and O–H groups in total. The summed E-state index contributed by atoms with van der Waals surface area (Å²) in [6, 6.07) is 9.24. The zero-order valence-electron chi connectivity index (χ0n) is 20.2. The fourth-order valence-corrected chi connectivity index (χ4v) is 4.75. The molecule has 33 heavy (non-hydrogen) atoms. The smallest absolute Gasteiger partial charge is 0.229 e.